The molecule has 1 aromatic carbocycles. The van der Waals surface area contributed by atoms with E-state index >= 15 is 0 Å². The van der Waals surface area contributed by atoms with Gasteiger partial charge in [0.05, 0.1) is 23.9 Å². The number of thiophene rings is 1. The molecule has 1 N–H and O–H groups in total. The summed E-state index contributed by atoms with van der Waals surface area (Å²) in [6, 6.07) is 8.26. The predicted molar refractivity (Wildman–Crippen MR) is 99.5 cm³/mol. The molecular weight excluding hydrogens is 354 g/mol. The van der Waals surface area contributed by atoms with E-state index in [0.717, 1.165) is 0 Å². The standard InChI is InChI=1S/C18H17N3O4S/c1-2-25-18(24)12-4-3-5-13(10-12)20-15(22)6-8-21-11-19-16-14(17(21)23)7-9-26-16/h3-5,7,9-11H,2,6,8H2,1H3,(H,20,22). The Kier molecular flexibility index (Phi) is 5.43. The fourth-order valence-corrected chi connectivity index (χ4v) is 3.16. The fourth-order valence-electron chi connectivity index (χ4n) is 2.44. The van der Waals surface area contributed by atoms with E-state index in [0.29, 0.717) is 21.5 Å². The number of amides is 1. The van der Waals surface area contributed by atoms with Crippen LogP contribution in [0.4, 0.5) is 5.69 Å². The van der Waals surface area contributed by atoms with Crippen molar-refractivity contribution in [1.82, 2.24) is 9.55 Å². The average molecular weight is 371 g/mol. The minimum Gasteiger partial charge on any atom is -0.462 e. The van der Waals surface area contributed by atoms with Crippen LogP contribution in [0.3, 0.4) is 0 Å². The molecule has 26 heavy (non-hydrogen) atoms. The lowest BCUT2D eigenvalue weighted by atomic mass is 10.2. The first-order valence-electron chi connectivity index (χ1n) is 8.08. The number of carbonyl (C=O) groups is 2. The number of benzene rings is 1. The summed E-state index contributed by atoms with van der Waals surface area (Å²) in [5.41, 5.74) is 0.709. The highest BCUT2D eigenvalue weighted by Crippen LogP contribution is 2.14. The molecule has 1 amide bonds. The van der Waals surface area contributed by atoms with E-state index in [2.05, 4.69) is 10.3 Å². The topological polar surface area (TPSA) is 90.3 Å². The van der Waals surface area contributed by atoms with Crippen molar-refractivity contribution in [3.8, 4) is 0 Å². The Morgan fingerprint density at radius 3 is 2.96 bits per heavy atom. The molecule has 0 atom stereocenters. The highest BCUT2D eigenvalue weighted by Gasteiger charge is 2.10. The zero-order valence-corrected chi connectivity index (χ0v) is 14.9. The lowest BCUT2D eigenvalue weighted by molar-refractivity contribution is -0.116. The van der Waals surface area contributed by atoms with Gasteiger partial charge in [-0.25, -0.2) is 9.78 Å². The highest BCUT2D eigenvalue weighted by molar-refractivity contribution is 7.16. The van der Waals surface area contributed by atoms with Crippen LogP contribution in [-0.4, -0.2) is 28.0 Å². The van der Waals surface area contributed by atoms with Crippen LogP contribution >= 0.6 is 11.3 Å². The van der Waals surface area contributed by atoms with Crippen LogP contribution in [0.5, 0.6) is 0 Å². The smallest absolute Gasteiger partial charge is 0.338 e. The molecule has 0 bridgehead atoms. The second-order valence-electron chi connectivity index (χ2n) is 5.48. The van der Waals surface area contributed by atoms with E-state index in [-0.39, 0.29) is 31.0 Å². The Morgan fingerprint density at radius 1 is 1.31 bits per heavy atom. The summed E-state index contributed by atoms with van der Waals surface area (Å²) in [6.45, 7) is 2.24. The quantitative estimate of drug-likeness (QED) is 0.673. The van der Waals surface area contributed by atoms with E-state index < -0.39 is 5.97 Å². The molecular formula is C18H17N3O4S. The van der Waals surface area contributed by atoms with Crippen molar-refractivity contribution in [2.45, 2.75) is 19.9 Å². The molecule has 0 saturated heterocycles. The first-order valence-corrected chi connectivity index (χ1v) is 8.96. The maximum absolute atomic E-state index is 12.3. The minimum absolute atomic E-state index is 0.112. The molecule has 0 spiro atoms. The summed E-state index contributed by atoms with van der Waals surface area (Å²) in [5, 5.41) is 5.09. The van der Waals surface area contributed by atoms with Gasteiger partial charge in [0.2, 0.25) is 5.91 Å². The first-order chi connectivity index (χ1) is 12.6. The summed E-state index contributed by atoms with van der Waals surface area (Å²) < 4.78 is 6.36. The van der Waals surface area contributed by atoms with Gasteiger partial charge >= 0.3 is 5.97 Å². The molecule has 0 aliphatic rings. The number of hydrogen-bond donors (Lipinski definition) is 1. The predicted octanol–water partition coefficient (Wildman–Crippen LogP) is 2.66. The molecule has 3 aromatic rings. The molecule has 0 unspecified atom stereocenters. The Balaban J connectivity index is 1.63. The number of fused-ring (bicyclic) bond motifs is 1. The second kappa shape index (κ2) is 7.92. The van der Waals surface area contributed by atoms with Crippen molar-refractivity contribution in [3.63, 3.8) is 0 Å². The van der Waals surface area contributed by atoms with Crippen molar-refractivity contribution < 1.29 is 14.3 Å². The third-order valence-corrected chi connectivity index (χ3v) is 4.51. The van der Waals surface area contributed by atoms with E-state index in [1.165, 1.54) is 22.2 Å². The van der Waals surface area contributed by atoms with Gasteiger partial charge in [-0.15, -0.1) is 11.3 Å². The minimum atomic E-state index is -0.440. The fraction of sp³-hybridized carbons (Fsp3) is 0.222. The molecule has 7 nitrogen and oxygen atoms in total. The van der Waals surface area contributed by atoms with Crippen molar-refractivity contribution in [2.75, 3.05) is 11.9 Å². The number of nitrogens with zero attached hydrogens (tertiary/aromatic N) is 2. The lowest BCUT2D eigenvalue weighted by Gasteiger charge is -2.08. The summed E-state index contributed by atoms with van der Waals surface area (Å²) >= 11 is 1.40. The SMILES string of the molecule is CCOC(=O)c1cccc(NC(=O)CCn2cnc3sccc3c2=O)c1. The molecule has 8 heteroatoms. The lowest BCUT2D eigenvalue weighted by Crippen LogP contribution is -2.23. The maximum atomic E-state index is 12.3. The largest absolute Gasteiger partial charge is 0.462 e. The van der Waals surface area contributed by atoms with Gasteiger partial charge in [0.25, 0.3) is 5.56 Å². The van der Waals surface area contributed by atoms with E-state index in [1.54, 1.807) is 37.3 Å². The summed E-state index contributed by atoms with van der Waals surface area (Å²) in [5.74, 6) is -0.700. The average Bonchev–Trinajstić information content (AvgIpc) is 3.11. The first kappa shape index (κ1) is 17.8. The number of anilines is 1. The number of hydrogen-bond acceptors (Lipinski definition) is 6. The van der Waals surface area contributed by atoms with Crippen LogP contribution in [0.2, 0.25) is 0 Å². The second-order valence-corrected chi connectivity index (χ2v) is 6.38. The Hall–Kier alpha value is -3.00. The van der Waals surface area contributed by atoms with E-state index in [4.69, 9.17) is 4.74 Å². The van der Waals surface area contributed by atoms with Crippen molar-refractivity contribution in [1.29, 1.82) is 0 Å². The van der Waals surface area contributed by atoms with Crippen molar-refractivity contribution in [2.24, 2.45) is 0 Å². The van der Waals surface area contributed by atoms with Crippen LogP contribution in [-0.2, 0) is 16.1 Å². The number of ether oxygens (including phenoxy) is 1. The summed E-state index contributed by atoms with van der Waals surface area (Å²) in [4.78, 5) is 41.1. The monoisotopic (exact) mass is 371 g/mol. The number of aromatic nitrogens is 2. The molecule has 0 aliphatic heterocycles. The highest BCUT2D eigenvalue weighted by atomic mass is 32.1. The van der Waals surface area contributed by atoms with Crippen LogP contribution in [0.1, 0.15) is 23.7 Å². The summed E-state index contributed by atoms with van der Waals surface area (Å²) in [6.07, 6.45) is 1.57. The Morgan fingerprint density at radius 2 is 2.15 bits per heavy atom. The molecule has 3 rings (SSSR count). The van der Waals surface area contributed by atoms with Gasteiger partial charge in [-0.1, -0.05) is 6.07 Å². The Bertz CT molecular complexity index is 1010. The van der Waals surface area contributed by atoms with Gasteiger partial charge in [0.15, 0.2) is 0 Å². The molecule has 2 aromatic heterocycles. The zero-order chi connectivity index (χ0) is 18.5. The van der Waals surface area contributed by atoms with Crippen molar-refractivity contribution >= 4 is 39.1 Å². The molecule has 0 fully saturated rings. The number of esters is 1. The van der Waals surface area contributed by atoms with E-state index in [1.807, 2.05) is 5.38 Å². The van der Waals surface area contributed by atoms with Crippen LogP contribution in [0, 0.1) is 0 Å². The molecule has 0 saturated carbocycles. The molecule has 0 radical (unpaired) electrons. The van der Waals surface area contributed by atoms with E-state index in [9.17, 15) is 14.4 Å². The van der Waals surface area contributed by atoms with Gasteiger partial charge in [-0.05, 0) is 36.6 Å². The molecule has 134 valence electrons. The van der Waals surface area contributed by atoms with Crippen LogP contribution < -0.4 is 10.9 Å². The number of aryl methyl sites for hydroxylation is 1. The third kappa shape index (κ3) is 3.97. The van der Waals surface area contributed by atoms with Gasteiger partial charge in [0, 0.05) is 18.7 Å². The van der Waals surface area contributed by atoms with Gasteiger partial charge in [-0.2, -0.15) is 0 Å². The van der Waals surface area contributed by atoms with Crippen LogP contribution in [0.25, 0.3) is 10.2 Å². The molecule has 2 heterocycles. The van der Waals surface area contributed by atoms with Gasteiger partial charge in [0.1, 0.15) is 4.83 Å². The third-order valence-electron chi connectivity index (χ3n) is 3.69. The van der Waals surface area contributed by atoms with Gasteiger partial charge < -0.3 is 10.1 Å². The van der Waals surface area contributed by atoms with Crippen LogP contribution in [0.15, 0.2) is 46.8 Å². The summed E-state index contributed by atoms with van der Waals surface area (Å²) in [7, 11) is 0. The Labute approximate surface area is 153 Å². The zero-order valence-electron chi connectivity index (χ0n) is 14.1. The molecule has 0 aliphatic carbocycles. The number of carbonyl (C=O) groups excluding carboxylic acids is 2. The number of nitrogens with one attached hydrogen (secondary N) is 1. The maximum Gasteiger partial charge on any atom is 0.338 e. The van der Waals surface area contributed by atoms with Gasteiger partial charge in [-0.3, -0.25) is 14.2 Å². The normalized spacial score (nSPS) is 10.7. The van der Waals surface area contributed by atoms with Crippen molar-refractivity contribution in [3.05, 3.63) is 58.0 Å². The number of rotatable bonds is 6.